The molecule has 0 radical (unpaired) electrons. The predicted octanol–water partition coefficient (Wildman–Crippen LogP) is -2.66. The minimum atomic E-state index is -4.30. The molecular formula is C10H21B2O8P. The van der Waals surface area contributed by atoms with Crippen LogP contribution >= 0.6 is 7.82 Å². The zero-order valence-corrected chi connectivity index (χ0v) is 13.0. The van der Waals surface area contributed by atoms with Crippen molar-refractivity contribution in [2.45, 2.75) is 49.3 Å². The highest BCUT2D eigenvalue weighted by molar-refractivity contribution is 7.47. The van der Waals surface area contributed by atoms with Gasteiger partial charge in [0.15, 0.2) is 0 Å². The number of ether oxygens (including phenoxy) is 2. The van der Waals surface area contributed by atoms with Crippen LogP contribution < -0.4 is 0 Å². The molecule has 2 aliphatic rings. The van der Waals surface area contributed by atoms with Crippen molar-refractivity contribution in [3.05, 3.63) is 0 Å². The van der Waals surface area contributed by atoms with Crippen molar-refractivity contribution in [1.29, 1.82) is 0 Å². The number of hydrogen-bond donors (Lipinski definition) is 3. The molecule has 2 heterocycles. The first-order valence-electron chi connectivity index (χ1n) is 7.06. The molecule has 3 unspecified atom stereocenters. The maximum Gasteiger partial charge on any atom is 0.472 e. The smallest absolute Gasteiger partial charge is 0.394 e. The largest absolute Gasteiger partial charge is 0.472 e. The molecule has 0 spiro atoms. The normalized spacial score (nSPS) is 43.0. The van der Waals surface area contributed by atoms with E-state index < -0.39 is 32.2 Å². The Kier molecular flexibility index (Phi) is 5.90. The summed E-state index contributed by atoms with van der Waals surface area (Å²) in [6.45, 7) is -0.525. The van der Waals surface area contributed by atoms with Crippen LogP contribution in [0.1, 0.15) is 12.8 Å². The average molecular weight is 322 g/mol. The number of phosphoric ester groups is 1. The van der Waals surface area contributed by atoms with E-state index in [9.17, 15) is 14.6 Å². The Hall–Kier alpha value is 0.0799. The molecule has 0 amide bonds. The van der Waals surface area contributed by atoms with Crippen LogP contribution in [0, 0.1) is 0 Å². The molecule has 0 saturated carbocycles. The Labute approximate surface area is 125 Å². The third-order valence-electron chi connectivity index (χ3n) is 3.65. The lowest BCUT2D eigenvalue weighted by molar-refractivity contribution is -0.0251. The summed E-state index contributed by atoms with van der Waals surface area (Å²) in [5.41, 5.74) is 0. The van der Waals surface area contributed by atoms with Gasteiger partial charge in [-0.05, 0) is 12.8 Å². The highest BCUT2D eigenvalue weighted by atomic mass is 31.2. The molecule has 2 saturated heterocycles. The Balaban J connectivity index is 1.83. The first-order chi connectivity index (χ1) is 9.80. The molecule has 0 aromatic carbocycles. The summed E-state index contributed by atoms with van der Waals surface area (Å²) >= 11 is 0. The summed E-state index contributed by atoms with van der Waals surface area (Å²) in [5, 5.41) is 18.8. The van der Waals surface area contributed by atoms with E-state index in [4.69, 9.17) is 23.6 Å². The van der Waals surface area contributed by atoms with Crippen molar-refractivity contribution in [3.63, 3.8) is 0 Å². The van der Waals surface area contributed by atoms with Crippen LogP contribution in [0.3, 0.4) is 0 Å². The van der Waals surface area contributed by atoms with Crippen molar-refractivity contribution < 1.29 is 38.2 Å². The first kappa shape index (κ1) is 17.4. The summed E-state index contributed by atoms with van der Waals surface area (Å²) in [6, 6.07) is -0.275. The Bertz CT molecular complexity index is 399. The average Bonchev–Trinajstić information content (AvgIpc) is 2.88. The van der Waals surface area contributed by atoms with Crippen LogP contribution in [-0.2, 0) is 23.1 Å². The van der Waals surface area contributed by atoms with Gasteiger partial charge in [-0.2, -0.15) is 0 Å². The molecule has 21 heavy (non-hydrogen) atoms. The highest BCUT2D eigenvalue weighted by Gasteiger charge is 2.40. The van der Waals surface area contributed by atoms with Crippen LogP contribution in [0.25, 0.3) is 0 Å². The van der Waals surface area contributed by atoms with Gasteiger partial charge in [0.05, 0.1) is 25.4 Å². The molecule has 3 N–H and O–H groups in total. The monoisotopic (exact) mass is 322 g/mol. The fraction of sp³-hybridized carbons (Fsp3) is 1.00. The molecule has 0 bridgehead atoms. The fourth-order valence-electron chi connectivity index (χ4n) is 2.65. The van der Waals surface area contributed by atoms with Gasteiger partial charge in [0, 0.05) is 12.0 Å². The topological polar surface area (TPSA) is 115 Å². The van der Waals surface area contributed by atoms with Gasteiger partial charge in [-0.3, -0.25) is 9.05 Å². The number of aliphatic hydroxyl groups is 2. The van der Waals surface area contributed by atoms with Gasteiger partial charge in [0.2, 0.25) is 0 Å². The highest BCUT2D eigenvalue weighted by Crippen LogP contribution is 2.47. The molecule has 0 aromatic heterocycles. The molecule has 2 fully saturated rings. The lowest BCUT2D eigenvalue weighted by Gasteiger charge is -2.22. The van der Waals surface area contributed by atoms with E-state index in [2.05, 4.69) is 0 Å². The predicted molar refractivity (Wildman–Crippen MR) is 77.4 cm³/mol. The standard InChI is InChI=1S/C10H21B2O8P/c11-9-1-5(14)8(19-9)4-17-21(15,16)20-6-2-10(12)18-7(6)3-13/h5-10,13-14H,1-4,11-12H2,(H,15,16)/t5?,6?,7-,8-,9-,10-/m1/s1. The maximum absolute atomic E-state index is 11.9. The molecule has 120 valence electrons. The van der Waals surface area contributed by atoms with E-state index >= 15 is 0 Å². The van der Waals surface area contributed by atoms with Gasteiger partial charge in [-0.25, -0.2) is 4.57 Å². The van der Waals surface area contributed by atoms with E-state index in [0.717, 1.165) is 0 Å². The van der Waals surface area contributed by atoms with Crippen molar-refractivity contribution in [3.8, 4) is 0 Å². The van der Waals surface area contributed by atoms with Gasteiger partial charge >= 0.3 is 7.82 Å². The van der Waals surface area contributed by atoms with Gasteiger partial charge < -0.3 is 24.6 Å². The summed E-state index contributed by atoms with van der Waals surface area (Å²) in [6.07, 6.45) is -1.84. The number of aliphatic hydroxyl groups excluding tert-OH is 2. The maximum atomic E-state index is 11.9. The van der Waals surface area contributed by atoms with E-state index in [1.54, 1.807) is 15.7 Å². The Morgan fingerprint density at radius 3 is 2.38 bits per heavy atom. The van der Waals surface area contributed by atoms with Gasteiger partial charge in [-0.1, -0.05) is 0 Å². The van der Waals surface area contributed by atoms with Gasteiger partial charge in [-0.15, -0.1) is 0 Å². The van der Waals surface area contributed by atoms with Crippen LogP contribution in [-0.4, -0.2) is 80.4 Å². The molecular weight excluding hydrogens is 301 g/mol. The number of hydrogen-bond acceptors (Lipinski definition) is 7. The second kappa shape index (κ2) is 7.10. The minimum absolute atomic E-state index is 0.115. The molecule has 2 rings (SSSR count). The second-order valence-corrected chi connectivity index (χ2v) is 7.01. The SMILES string of the molecule is B[C@H]1CC(O)[C@@H](COP(=O)(O)OC2C[C@H](B)O[C@@H]2CO)O1. The zero-order valence-electron chi connectivity index (χ0n) is 12.1. The van der Waals surface area contributed by atoms with Crippen LogP contribution in [0.15, 0.2) is 0 Å². The summed E-state index contributed by atoms with van der Waals surface area (Å²) in [5.74, 6) is 0. The van der Waals surface area contributed by atoms with Crippen molar-refractivity contribution in [1.82, 2.24) is 0 Å². The minimum Gasteiger partial charge on any atom is -0.394 e. The first-order valence-corrected chi connectivity index (χ1v) is 8.56. The fourth-order valence-corrected chi connectivity index (χ4v) is 3.61. The molecule has 2 aliphatic heterocycles. The summed E-state index contributed by atoms with van der Waals surface area (Å²) in [7, 11) is -0.702. The van der Waals surface area contributed by atoms with E-state index in [1.165, 1.54) is 0 Å². The lowest BCUT2D eigenvalue weighted by Crippen LogP contribution is -2.29. The van der Waals surface area contributed by atoms with Gasteiger partial charge in [0.25, 0.3) is 0 Å². The van der Waals surface area contributed by atoms with Crippen LogP contribution in [0.5, 0.6) is 0 Å². The van der Waals surface area contributed by atoms with Crippen molar-refractivity contribution in [2.24, 2.45) is 0 Å². The van der Waals surface area contributed by atoms with Crippen LogP contribution in [0.4, 0.5) is 0 Å². The van der Waals surface area contributed by atoms with Crippen molar-refractivity contribution >= 4 is 23.5 Å². The van der Waals surface area contributed by atoms with E-state index in [0.29, 0.717) is 12.8 Å². The summed E-state index contributed by atoms with van der Waals surface area (Å²) < 4.78 is 32.6. The lowest BCUT2D eigenvalue weighted by atomic mass is 9.96. The third-order valence-corrected chi connectivity index (χ3v) is 4.66. The quantitative estimate of drug-likeness (QED) is 0.359. The Morgan fingerprint density at radius 2 is 1.81 bits per heavy atom. The molecule has 11 heteroatoms. The second-order valence-electron chi connectivity index (χ2n) is 5.60. The molecule has 0 aliphatic carbocycles. The molecule has 8 nitrogen and oxygen atoms in total. The molecule has 0 aromatic rings. The van der Waals surface area contributed by atoms with Gasteiger partial charge in [0.1, 0.15) is 27.9 Å². The van der Waals surface area contributed by atoms with Crippen LogP contribution in [0.2, 0.25) is 0 Å². The number of phosphoric acid groups is 1. The van der Waals surface area contributed by atoms with E-state index in [1.807, 2.05) is 0 Å². The Morgan fingerprint density at radius 1 is 1.19 bits per heavy atom. The van der Waals surface area contributed by atoms with Crippen molar-refractivity contribution in [2.75, 3.05) is 13.2 Å². The zero-order chi connectivity index (χ0) is 15.6. The third kappa shape index (κ3) is 4.77. The number of rotatable bonds is 6. The summed E-state index contributed by atoms with van der Waals surface area (Å²) in [4.78, 5) is 9.72. The van der Waals surface area contributed by atoms with E-state index in [-0.39, 0.29) is 25.2 Å². The molecule has 7 atom stereocenters.